The van der Waals surface area contributed by atoms with Crippen LogP contribution in [0, 0.1) is 0 Å². The Labute approximate surface area is 199 Å². The Morgan fingerprint density at radius 1 is 1.00 bits per heavy atom. The number of benzene rings is 2. The summed E-state index contributed by atoms with van der Waals surface area (Å²) in [6, 6.07) is 15.3. The zero-order chi connectivity index (χ0) is 24.1. The van der Waals surface area contributed by atoms with E-state index in [1.807, 2.05) is 43.3 Å². The predicted octanol–water partition coefficient (Wildman–Crippen LogP) is 4.60. The number of carboxylic acids is 1. The number of hydrogen-bond donors (Lipinski definition) is 3. The maximum Gasteiger partial charge on any atom is 0.407 e. The molecule has 34 heavy (non-hydrogen) atoms. The summed E-state index contributed by atoms with van der Waals surface area (Å²) < 4.78 is 5.58. The number of nitrogens with one attached hydrogen (secondary N) is 2. The molecule has 1 saturated carbocycles. The Kier molecular flexibility index (Phi) is 7.20. The minimum Gasteiger partial charge on any atom is -0.480 e. The SMILES string of the molecule is CCCC(NC(=O)OCC1c2ccccc2-c2ccccc21)C(=O)NC1(C(=O)O)CCCCC1. The molecule has 2 aromatic rings. The Morgan fingerprint density at radius 3 is 2.15 bits per heavy atom. The number of carbonyl (C=O) groups excluding carboxylic acids is 2. The molecule has 1 atom stereocenters. The van der Waals surface area contributed by atoms with Gasteiger partial charge in [0, 0.05) is 5.92 Å². The average molecular weight is 465 g/mol. The van der Waals surface area contributed by atoms with Crippen molar-refractivity contribution in [3.8, 4) is 11.1 Å². The first-order valence-corrected chi connectivity index (χ1v) is 12.1. The van der Waals surface area contributed by atoms with Crippen molar-refractivity contribution in [1.29, 1.82) is 0 Å². The zero-order valence-corrected chi connectivity index (χ0v) is 19.5. The van der Waals surface area contributed by atoms with Gasteiger partial charge in [-0.1, -0.05) is 81.1 Å². The second-order valence-corrected chi connectivity index (χ2v) is 9.25. The molecule has 0 heterocycles. The zero-order valence-electron chi connectivity index (χ0n) is 19.5. The highest BCUT2D eigenvalue weighted by Gasteiger charge is 2.42. The molecular weight excluding hydrogens is 432 g/mol. The van der Waals surface area contributed by atoms with E-state index in [9.17, 15) is 19.5 Å². The number of fused-ring (bicyclic) bond motifs is 3. The van der Waals surface area contributed by atoms with Crippen molar-refractivity contribution in [2.75, 3.05) is 6.61 Å². The first-order chi connectivity index (χ1) is 16.4. The summed E-state index contributed by atoms with van der Waals surface area (Å²) in [6.07, 6.45) is 3.64. The Bertz CT molecular complexity index is 1010. The fourth-order valence-corrected chi connectivity index (χ4v) is 5.21. The molecule has 0 spiro atoms. The molecule has 7 heteroatoms. The van der Waals surface area contributed by atoms with Gasteiger partial charge >= 0.3 is 12.1 Å². The van der Waals surface area contributed by atoms with E-state index >= 15 is 0 Å². The molecule has 2 amide bonds. The van der Waals surface area contributed by atoms with Crippen LogP contribution < -0.4 is 10.6 Å². The lowest BCUT2D eigenvalue weighted by molar-refractivity contribution is -0.149. The molecule has 0 bridgehead atoms. The van der Waals surface area contributed by atoms with Crippen LogP contribution in [0.25, 0.3) is 11.1 Å². The van der Waals surface area contributed by atoms with E-state index < -0.39 is 29.6 Å². The molecule has 1 unspecified atom stereocenters. The van der Waals surface area contributed by atoms with Gasteiger partial charge in [-0.05, 0) is 41.5 Å². The van der Waals surface area contributed by atoms with Gasteiger partial charge < -0.3 is 20.5 Å². The minimum absolute atomic E-state index is 0.0749. The van der Waals surface area contributed by atoms with Gasteiger partial charge in [-0.2, -0.15) is 0 Å². The quantitative estimate of drug-likeness (QED) is 0.530. The van der Waals surface area contributed by atoms with Gasteiger partial charge in [0.25, 0.3) is 0 Å². The highest BCUT2D eigenvalue weighted by Crippen LogP contribution is 2.44. The number of aliphatic carboxylic acids is 1. The molecule has 1 fully saturated rings. The van der Waals surface area contributed by atoms with Crippen LogP contribution in [-0.2, 0) is 14.3 Å². The normalized spacial score (nSPS) is 17.2. The van der Waals surface area contributed by atoms with E-state index in [1.54, 1.807) is 0 Å². The monoisotopic (exact) mass is 464 g/mol. The van der Waals surface area contributed by atoms with Gasteiger partial charge in [-0.3, -0.25) is 4.79 Å². The van der Waals surface area contributed by atoms with Crippen LogP contribution in [0.5, 0.6) is 0 Å². The van der Waals surface area contributed by atoms with Crippen molar-refractivity contribution in [3.05, 3.63) is 59.7 Å². The van der Waals surface area contributed by atoms with Gasteiger partial charge in [-0.25, -0.2) is 9.59 Å². The van der Waals surface area contributed by atoms with Crippen LogP contribution in [-0.4, -0.2) is 41.3 Å². The predicted molar refractivity (Wildman–Crippen MR) is 128 cm³/mol. The third-order valence-electron chi connectivity index (χ3n) is 7.01. The molecule has 7 nitrogen and oxygen atoms in total. The Morgan fingerprint density at radius 2 is 1.59 bits per heavy atom. The fourth-order valence-electron chi connectivity index (χ4n) is 5.21. The van der Waals surface area contributed by atoms with Crippen molar-refractivity contribution in [1.82, 2.24) is 10.6 Å². The molecule has 3 N–H and O–H groups in total. The van der Waals surface area contributed by atoms with Crippen LogP contribution in [0.1, 0.15) is 68.9 Å². The Balaban J connectivity index is 1.41. The number of carboxylic acid groups (broad SMARTS) is 1. The van der Waals surface area contributed by atoms with Gasteiger partial charge in [0.2, 0.25) is 5.91 Å². The fraction of sp³-hybridized carbons (Fsp3) is 0.444. The first-order valence-electron chi connectivity index (χ1n) is 12.1. The maximum absolute atomic E-state index is 13.0. The number of alkyl carbamates (subject to hydrolysis) is 1. The molecule has 4 rings (SSSR count). The van der Waals surface area contributed by atoms with E-state index in [4.69, 9.17) is 4.74 Å². The largest absolute Gasteiger partial charge is 0.480 e. The molecule has 2 aliphatic rings. The lowest BCUT2D eigenvalue weighted by atomic mass is 9.81. The van der Waals surface area contributed by atoms with Crippen molar-refractivity contribution in [3.63, 3.8) is 0 Å². The third-order valence-corrected chi connectivity index (χ3v) is 7.01. The van der Waals surface area contributed by atoms with Crippen molar-refractivity contribution >= 4 is 18.0 Å². The van der Waals surface area contributed by atoms with Crippen molar-refractivity contribution in [2.24, 2.45) is 0 Å². The van der Waals surface area contributed by atoms with Crippen molar-refractivity contribution < 1.29 is 24.2 Å². The number of rotatable bonds is 8. The summed E-state index contributed by atoms with van der Waals surface area (Å²) in [7, 11) is 0. The van der Waals surface area contributed by atoms with Crippen LogP contribution in [0.15, 0.2) is 48.5 Å². The molecule has 0 aromatic heterocycles. The summed E-state index contributed by atoms with van der Waals surface area (Å²) in [5.41, 5.74) is 3.24. The summed E-state index contributed by atoms with van der Waals surface area (Å²) in [4.78, 5) is 37.6. The van der Waals surface area contributed by atoms with Crippen LogP contribution >= 0.6 is 0 Å². The second-order valence-electron chi connectivity index (χ2n) is 9.25. The minimum atomic E-state index is -1.26. The molecule has 2 aliphatic carbocycles. The lowest BCUT2D eigenvalue weighted by Gasteiger charge is -2.35. The van der Waals surface area contributed by atoms with Gasteiger partial charge in [-0.15, -0.1) is 0 Å². The van der Waals surface area contributed by atoms with Crippen molar-refractivity contribution in [2.45, 2.75) is 69.4 Å². The number of hydrogen-bond acceptors (Lipinski definition) is 4. The van der Waals surface area contributed by atoms with E-state index in [0.29, 0.717) is 25.7 Å². The summed E-state index contributed by atoms with van der Waals surface area (Å²) in [5.74, 6) is -1.56. The van der Waals surface area contributed by atoms with Gasteiger partial charge in [0.15, 0.2) is 0 Å². The molecule has 2 aromatic carbocycles. The van der Waals surface area contributed by atoms with Crippen LogP contribution in [0.4, 0.5) is 4.79 Å². The van der Waals surface area contributed by atoms with E-state index in [0.717, 1.165) is 41.5 Å². The summed E-state index contributed by atoms with van der Waals surface area (Å²) in [5, 5.41) is 15.2. The average Bonchev–Trinajstić information content (AvgIpc) is 3.16. The molecular formula is C27H32N2O5. The van der Waals surface area contributed by atoms with E-state index in [1.165, 1.54) is 0 Å². The third kappa shape index (κ3) is 4.79. The lowest BCUT2D eigenvalue weighted by Crippen LogP contribution is -2.60. The van der Waals surface area contributed by atoms with E-state index in [-0.39, 0.29) is 12.5 Å². The summed E-state index contributed by atoms with van der Waals surface area (Å²) in [6.45, 7) is 2.06. The Hall–Kier alpha value is -3.35. The molecule has 0 aliphatic heterocycles. The number of ether oxygens (including phenoxy) is 1. The highest BCUT2D eigenvalue weighted by molar-refractivity contribution is 5.91. The number of amides is 2. The maximum atomic E-state index is 13.0. The topological polar surface area (TPSA) is 105 Å². The van der Waals surface area contributed by atoms with E-state index in [2.05, 4.69) is 22.8 Å². The number of carbonyl (C=O) groups is 3. The highest BCUT2D eigenvalue weighted by atomic mass is 16.5. The van der Waals surface area contributed by atoms with Gasteiger partial charge in [0.1, 0.15) is 18.2 Å². The standard InChI is InChI=1S/C27H32N2O5/c1-2-10-23(24(30)29-27(25(31)32)15-8-3-9-16-27)28-26(33)34-17-22-20-13-6-4-11-18(20)19-12-5-7-14-21(19)22/h4-7,11-14,22-23H,2-3,8-10,15-17H2,1H3,(H,28,33)(H,29,30)(H,31,32). The van der Waals surface area contributed by atoms with Crippen LogP contribution in [0.3, 0.4) is 0 Å². The second kappa shape index (κ2) is 10.3. The molecule has 0 saturated heterocycles. The molecule has 0 radical (unpaired) electrons. The smallest absolute Gasteiger partial charge is 0.407 e. The first kappa shape index (κ1) is 23.8. The van der Waals surface area contributed by atoms with Gasteiger partial charge in [0.05, 0.1) is 0 Å². The van der Waals surface area contributed by atoms with Crippen LogP contribution in [0.2, 0.25) is 0 Å². The molecule has 180 valence electrons. The summed E-state index contributed by atoms with van der Waals surface area (Å²) >= 11 is 0.